The highest BCUT2D eigenvalue weighted by atomic mass is 19.1. The number of hydrogen-bond acceptors (Lipinski definition) is 8. The number of carbonyl (C=O) groups is 1. The topological polar surface area (TPSA) is 114 Å². The van der Waals surface area contributed by atoms with Crippen LogP contribution < -0.4 is 25.0 Å². The summed E-state index contributed by atoms with van der Waals surface area (Å²) in [6.07, 6.45) is 2.99. The van der Waals surface area contributed by atoms with E-state index in [0.717, 1.165) is 64.4 Å². The van der Waals surface area contributed by atoms with Crippen molar-refractivity contribution in [1.29, 1.82) is 0 Å². The average Bonchev–Trinajstić information content (AvgIpc) is 3.53. The fraction of sp³-hybridized carbons (Fsp3) is 0.382. The Hall–Kier alpha value is -4.44. The second-order valence-electron chi connectivity index (χ2n) is 11.7. The smallest absolute Gasteiger partial charge is 0.232 e. The van der Waals surface area contributed by atoms with Crippen molar-refractivity contribution in [2.24, 2.45) is 5.73 Å². The van der Waals surface area contributed by atoms with Crippen molar-refractivity contribution in [3.63, 3.8) is 0 Å². The van der Waals surface area contributed by atoms with Crippen molar-refractivity contribution in [2.75, 3.05) is 37.2 Å². The van der Waals surface area contributed by atoms with Crippen molar-refractivity contribution in [2.45, 2.75) is 56.4 Å². The first-order valence-electron chi connectivity index (χ1n) is 15.0. The van der Waals surface area contributed by atoms with Gasteiger partial charge >= 0.3 is 0 Å². The number of nitrogens with two attached hydrogens (primary N) is 1. The van der Waals surface area contributed by atoms with Gasteiger partial charge in [-0.2, -0.15) is 0 Å². The Morgan fingerprint density at radius 3 is 2.20 bits per heavy atom. The predicted molar refractivity (Wildman–Crippen MR) is 168 cm³/mol. The van der Waals surface area contributed by atoms with Crippen LogP contribution in [0.15, 0.2) is 66.9 Å². The van der Waals surface area contributed by atoms with Crippen LogP contribution in [-0.4, -0.2) is 60.6 Å². The van der Waals surface area contributed by atoms with Gasteiger partial charge in [0.15, 0.2) is 0 Å². The molecule has 6 rings (SSSR count). The summed E-state index contributed by atoms with van der Waals surface area (Å²) in [5, 5.41) is 11.3. The summed E-state index contributed by atoms with van der Waals surface area (Å²) in [5.41, 5.74) is 6.76. The molecule has 3 heterocycles. The normalized spacial score (nSPS) is 21.0. The van der Waals surface area contributed by atoms with E-state index in [1.54, 1.807) is 26.5 Å². The molecule has 3 atom stereocenters. The number of methoxy groups -OCH3 is 2. The second kappa shape index (κ2) is 12.3. The Labute approximate surface area is 256 Å². The summed E-state index contributed by atoms with van der Waals surface area (Å²) in [5.74, 6) is 2.34. The van der Waals surface area contributed by atoms with Gasteiger partial charge in [-0.1, -0.05) is 24.3 Å². The van der Waals surface area contributed by atoms with Crippen LogP contribution in [0.5, 0.6) is 11.5 Å². The summed E-state index contributed by atoms with van der Waals surface area (Å²) in [4.78, 5) is 26.7. The predicted octanol–water partition coefficient (Wildman–Crippen LogP) is 4.67. The van der Waals surface area contributed by atoms with Gasteiger partial charge in [-0.05, 0) is 72.2 Å². The van der Waals surface area contributed by atoms with E-state index in [4.69, 9.17) is 20.2 Å². The molecule has 3 unspecified atom stereocenters. The minimum atomic E-state index is -1.39. The molecule has 1 saturated carbocycles. The molecule has 230 valence electrons. The number of amides is 1. The van der Waals surface area contributed by atoms with Crippen molar-refractivity contribution in [3.8, 4) is 11.5 Å². The number of benzene rings is 2. The number of anilines is 2. The van der Waals surface area contributed by atoms with Crippen molar-refractivity contribution in [1.82, 2.24) is 9.97 Å². The lowest BCUT2D eigenvalue weighted by Gasteiger charge is -2.30. The number of alkyl halides is 1. The molecule has 44 heavy (non-hydrogen) atoms. The Morgan fingerprint density at radius 1 is 1.07 bits per heavy atom. The van der Waals surface area contributed by atoms with Crippen LogP contribution in [0.1, 0.15) is 42.5 Å². The van der Waals surface area contributed by atoms with Crippen LogP contribution in [0.4, 0.5) is 16.0 Å². The second-order valence-corrected chi connectivity index (χ2v) is 11.7. The number of rotatable bonds is 12. The zero-order valence-electron chi connectivity index (χ0n) is 25.1. The fourth-order valence-corrected chi connectivity index (χ4v) is 6.31. The summed E-state index contributed by atoms with van der Waals surface area (Å²) in [6, 6.07) is 19.8. The lowest BCUT2D eigenvalue weighted by Crippen LogP contribution is -2.32. The number of aliphatic hydroxyl groups excluding tert-OH is 1. The van der Waals surface area contributed by atoms with Crippen molar-refractivity contribution >= 4 is 28.3 Å². The quantitative estimate of drug-likeness (QED) is 0.242. The number of ether oxygens (including phenoxy) is 2. The molecule has 2 aromatic carbocycles. The van der Waals surface area contributed by atoms with Gasteiger partial charge in [0.05, 0.1) is 19.9 Å². The number of aliphatic hydroxyl groups is 1. The number of hydrogen-bond donors (Lipinski definition) is 2. The first-order valence-corrected chi connectivity index (χ1v) is 15.0. The summed E-state index contributed by atoms with van der Waals surface area (Å²) >= 11 is 0. The van der Waals surface area contributed by atoms with Crippen molar-refractivity contribution < 1.29 is 23.8 Å². The van der Waals surface area contributed by atoms with Crippen LogP contribution in [0, 0.1) is 0 Å². The van der Waals surface area contributed by atoms with E-state index in [9.17, 15) is 14.3 Å². The lowest BCUT2D eigenvalue weighted by molar-refractivity contribution is -0.120. The molecule has 0 bridgehead atoms. The SMILES string of the molecule is COc1ccc(CN(Cc2ccc(OC)cc2)c2nc(N3CCCC3CCO)cc3cc(C4(C(N)=O)CC4F)ncc23)cc1. The summed E-state index contributed by atoms with van der Waals surface area (Å²) in [7, 11) is 3.29. The monoisotopic (exact) mass is 599 g/mol. The molecule has 9 nitrogen and oxygen atoms in total. The van der Waals surface area contributed by atoms with Crippen LogP contribution in [0.25, 0.3) is 10.8 Å². The van der Waals surface area contributed by atoms with Gasteiger partial charge in [0.25, 0.3) is 0 Å². The molecule has 4 aromatic rings. The summed E-state index contributed by atoms with van der Waals surface area (Å²) in [6.45, 7) is 1.99. The van der Waals surface area contributed by atoms with Gasteiger partial charge in [-0.25, -0.2) is 9.37 Å². The molecule has 1 saturated heterocycles. The van der Waals surface area contributed by atoms with Gasteiger partial charge in [-0.15, -0.1) is 0 Å². The number of carbonyl (C=O) groups excluding carboxylic acids is 1. The Morgan fingerprint density at radius 2 is 1.68 bits per heavy atom. The minimum absolute atomic E-state index is 0.0391. The number of pyridine rings is 2. The van der Waals surface area contributed by atoms with Crippen molar-refractivity contribution in [3.05, 3.63) is 83.7 Å². The van der Waals surface area contributed by atoms with Crippen LogP contribution >= 0.6 is 0 Å². The van der Waals surface area contributed by atoms with E-state index in [1.165, 1.54) is 0 Å². The number of halogens is 1. The van der Waals surface area contributed by atoms with E-state index < -0.39 is 17.5 Å². The number of aromatic nitrogens is 2. The Balaban J connectivity index is 1.49. The van der Waals surface area contributed by atoms with Gasteiger partial charge in [0.1, 0.15) is 34.7 Å². The van der Waals surface area contributed by atoms with Gasteiger partial charge in [-0.3, -0.25) is 9.78 Å². The number of nitrogens with zero attached hydrogens (tertiary/aromatic N) is 4. The first-order chi connectivity index (χ1) is 21.4. The molecule has 1 aliphatic carbocycles. The highest BCUT2D eigenvalue weighted by Crippen LogP contribution is 2.50. The average molecular weight is 600 g/mol. The maximum Gasteiger partial charge on any atom is 0.232 e. The zero-order chi connectivity index (χ0) is 30.8. The fourth-order valence-electron chi connectivity index (χ4n) is 6.31. The maximum absolute atomic E-state index is 14.6. The number of fused-ring (bicyclic) bond motifs is 1. The third kappa shape index (κ3) is 5.61. The van der Waals surface area contributed by atoms with Gasteiger partial charge in [0.2, 0.25) is 5.91 Å². The molecule has 3 N–H and O–H groups in total. The first kappa shape index (κ1) is 29.6. The minimum Gasteiger partial charge on any atom is -0.497 e. The van der Waals surface area contributed by atoms with E-state index in [-0.39, 0.29) is 19.1 Å². The van der Waals surface area contributed by atoms with E-state index >= 15 is 0 Å². The highest BCUT2D eigenvalue weighted by molar-refractivity contribution is 5.96. The molecule has 1 amide bonds. The standard InChI is InChI=1S/C34H38FN5O4/c1-43-26-9-5-22(6-10-26)20-39(21-23-7-11-27(44-2)12-8-23)32-28-19-37-30(34(33(36)42)18-29(34)35)16-24(28)17-31(38-32)40-14-3-4-25(40)13-15-41/h5-12,16-17,19,25,29,41H,3-4,13-15,18,20-21H2,1-2H3,(H2,36,42). The molecule has 1 aliphatic heterocycles. The zero-order valence-corrected chi connectivity index (χ0v) is 25.1. The molecule has 10 heteroatoms. The van der Waals surface area contributed by atoms with Crippen LogP contribution in [0.3, 0.4) is 0 Å². The van der Waals surface area contributed by atoms with E-state index in [2.05, 4.69) is 14.8 Å². The van der Waals surface area contributed by atoms with Crippen LogP contribution in [0.2, 0.25) is 0 Å². The maximum atomic E-state index is 14.6. The molecule has 0 spiro atoms. The Bertz CT molecular complexity index is 1580. The van der Waals surface area contributed by atoms with Crippen LogP contribution in [-0.2, 0) is 23.3 Å². The third-order valence-corrected chi connectivity index (χ3v) is 8.95. The number of primary amides is 1. The molecule has 2 fully saturated rings. The molecule has 2 aromatic heterocycles. The highest BCUT2D eigenvalue weighted by Gasteiger charge is 2.62. The molecule has 2 aliphatic rings. The molecule has 0 radical (unpaired) electrons. The lowest BCUT2D eigenvalue weighted by atomic mass is 9.98. The van der Waals surface area contributed by atoms with Gasteiger partial charge < -0.3 is 30.1 Å². The van der Waals surface area contributed by atoms with E-state index in [0.29, 0.717) is 25.2 Å². The Kier molecular flexibility index (Phi) is 8.27. The third-order valence-electron chi connectivity index (χ3n) is 8.95. The van der Waals surface area contributed by atoms with E-state index in [1.807, 2.05) is 54.6 Å². The molecular weight excluding hydrogens is 561 g/mol. The molecular formula is C34H38FN5O4. The van der Waals surface area contributed by atoms with Gasteiger partial charge in [0, 0.05) is 50.3 Å². The largest absolute Gasteiger partial charge is 0.497 e. The summed E-state index contributed by atoms with van der Waals surface area (Å²) < 4.78 is 25.4.